The van der Waals surface area contributed by atoms with Crippen LogP contribution in [0.1, 0.15) is 10.5 Å². The Hall–Kier alpha value is -2.63. The molecule has 0 aliphatic rings. The molecule has 1 N–H and O–H groups in total. The molecule has 2 rings (SSSR count). The Kier molecular flexibility index (Phi) is 3.92. The van der Waals surface area contributed by atoms with E-state index in [1.807, 2.05) is 0 Å². The molecule has 0 saturated carbocycles. The molecule has 19 heavy (non-hydrogen) atoms. The third-order valence-corrected chi connectivity index (χ3v) is 2.46. The average molecular weight is 259 g/mol. The highest BCUT2D eigenvalue weighted by atomic mass is 16.5. The molecule has 1 amide bonds. The number of hydrogen-bond donors (Lipinski definition) is 1. The Balaban J connectivity index is 2.18. The summed E-state index contributed by atoms with van der Waals surface area (Å²) in [7, 11) is 3.09. The van der Waals surface area contributed by atoms with Crippen LogP contribution < -0.4 is 14.8 Å². The van der Waals surface area contributed by atoms with Crippen molar-refractivity contribution in [1.82, 2.24) is 9.97 Å². The summed E-state index contributed by atoms with van der Waals surface area (Å²) < 4.78 is 10.3. The van der Waals surface area contributed by atoms with Gasteiger partial charge >= 0.3 is 0 Å². The standard InChI is InChI=1S/C13H13N3O3/c1-18-11-4-3-9(7-12(11)19-2)16-13(17)10-5-6-14-8-15-10/h3-8H,1-2H3,(H,16,17). The van der Waals surface area contributed by atoms with Crippen molar-refractivity contribution >= 4 is 11.6 Å². The molecule has 98 valence electrons. The minimum atomic E-state index is -0.311. The molecule has 0 saturated heterocycles. The Bertz CT molecular complexity index is 573. The molecule has 1 aromatic carbocycles. The number of nitrogens with one attached hydrogen (secondary N) is 1. The molecule has 0 aliphatic carbocycles. The maximum absolute atomic E-state index is 11.9. The number of rotatable bonds is 4. The zero-order valence-corrected chi connectivity index (χ0v) is 10.6. The van der Waals surface area contributed by atoms with Crippen LogP contribution in [0.3, 0.4) is 0 Å². The molecule has 2 aromatic rings. The van der Waals surface area contributed by atoms with Gasteiger partial charge in [0.15, 0.2) is 11.5 Å². The summed E-state index contributed by atoms with van der Waals surface area (Å²) in [6.45, 7) is 0. The van der Waals surface area contributed by atoms with Crippen molar-refractivity contribution in [2.75, 3.05) is 19.5 Å². The number of amides is 1. The number of hydrogen-bond acceptors (Lipinski definition) is 5. The van der Waals surface area contributed by atoms with E-state index in [1.54, 1.807) is 25.3 Å². The molecule has 6 heteroatoms. The Morgan fingerprint density at radius 1 is 1.16 bits per heavy atom. The average Bonchev–Trinajstić information content (AvgIpc) is 2.48. The van der Waals surface area contributed by atoms with E-state index in [0.717, 1.165) is 0 Å². The van der Waals surface area contributed by atoms with E-state index in [2.05, 4.69) is 15.3 Å². The first-order valence-electron chi connectivity index (χ1n) is 5.54. The van der Waals surface area contributed by atoms with Crippen LogP contribution in [0.15, 0.2) is 36.8 Å². The summed E-state index contributed by atoms with van der Waals surface area (Å²) in [5.41, 5.74) is 0.894. The van der Waals surface area contributed by atoms with Crippen LogP contribution in [0.5, 0.6) is 11.5 Å². The summed E-state index contributed by atoms with van der Waals surface area (Å²) >= 11 is 0. The van der Waals surface area contributed by atoms with Gasteiger partial charge in [0.05, 0.1) is 14.2 Å². The largest absolute Gasteiger partial charge is 0.493 e. The lowest BCUT2D eigenvalue weighted by atomic mass is 10.2. The highest BCUT2D eigenvalue weighted by Gasteiger charge is 2.09. The number of nitrogens with zero attached hydrogens (tertiary/aromatic N) is 2. The summed E-state index contributed by atoms with van der Waals surface area (Å²) in [6.07, 6.45) is 2.83. The zero-order valence-electron chi connectivity index (χ0n) is 10.6. The molecule has 6 nitrogen and oxygen atoms in total. The SMILES string of the molecule is COc1ccc(NC(=O)c2ccncn2)cc1OC. The van der Waals surface area contributed by atoms with Crippen molar-refractivity contribution in [1.29, 1.82) is 0 Å². The van der Waals surface area contributed by atoms with Crippen molar-refractivity contribution in [2.24, 2.45) is 0 Å². The second kappa shape index (κ2) is 5.81. The molecule has 0 spiro atoms. The van der Waals surface area contributed by atoms with Crippen molar-refractivity contribution < 1.29 is 14.3 Å². The van der Waals surface area contributed by atoms with Gasteiger partial charge in [0, 0.05) is 18.0 Å². The maximum Gasteiger partial charge on any atom is 0.274 e. The minimum absolute atomic E-state index is 0.296. The highest BCUT2D eigenvalue weighted by molar-refractivity contribution is 6.02. The van der Waals surface area contributed by atoms with Gasteiger partial charge in [0.25, 0.3) is 5.91 Å². The molecular formula is C13H13N3O3. The summed E-state index contributed by atoms with van der Waals surface area (Å²) in [5, 5.41) is 2.72. The topological polar surface area (TPSA) is 73.3 Å². The monoisotopic (exact) mass is 259 g/mol. The van der Waals surface area contributed by atoms with Crippen molar-refractivity contribution in [3.8, 4) is 11.5 Å². The van der Waals surface area contributed by atoms with Crippen LogP contribution >= 0.6 is 0 Å². The van der Waals surface area contributed by atoms with Crippen LogP contribution in [0.25, 0.3) is 0 Å². The minimum Gasteiger partial charge on any atom is -0.493 e. The molecule has 0 unspecified atom stereocenters. The number of aromatic nitrogens is 2. The van der Waals surface area contributed by atoms with E-state index in [0.29, 0.717) is 22.9 Å². The van der Waals surface area contributed by atoms with E-state index >= 15 is 0 Å². The van der Waals surface area contributed by atoms with Gasteiger partial charge in [0.2, 0.25) is 0 Å². The highest BCUT2D eigenvalue weighted by Crippen LogP contribution is 2.29. The molecule has 0 atom stereocenters. The van der Waals surface area contributed by atoms with Gasteiger partial charge in [-0.05, 0) is 18.2 Å². The number of carbonyl (C=O) groups is 1. The first-order chi connectivity index (χ1) is 9.24. The van der Waals surface area contributed by atoms with Gasteiger partial charge in [-0.2, -0.15) is 0 Å². The van der Waals surface area contributed by atoms with E-state index < -0.39 is 0 Å². The Morgan fingerprint density at radius 3 is 2.58 bits per heavy atom. The fourth-order valence-electron chi connectivity index (χ4n) is 1.53. The fourth-order valence-corrected chi connectivity index (χ4v) is 1.53. The zero-order chi connectivity index (χ0) is 13.7. The second-order valence-electron chi connectivity index (χ2n) is 3.62. The van der Waals surface area contributed by atoms with Crippen molar-refractivity contribution in [3.63, 3.8) is 0 Å². The predicted octanol–water partition coefficient (Wildman–Crippen LogP) is 1.75. The number of carbonyl (C=O) groups excluding carboxylic acids is 1. The lowest BCUT2D eigenvalue weighted by Crippen LogP contribution is -2.13. The van der Waals surface area contributed by atoms with Gasteiger partial charge < -0.3 is 14.8 Å². The smallest absolute Gasteiger partial charge is 0.274 e. The van der Waals surface area contributed by atoms with Crippen LogP contribution in [-0.4, -0.2) is 30.1 Å². The van der Waals surface area contributed by atoms with Crippen molar-refractivity contribution in [3.05, 3.63) is 42.5 Å². The van der Waals surface area contributed by atoms with E-state index in [-0.39, 0.29) is 5.91 Å². The number of benzene rings is 1. The van der Waals surface area contributed by atoms with Crippen LogP contribution in [0.2, 0.25) is 0 Å². The molecular weight excluding hydrogens is 246 g/mol. The molecule has 1 aromatic heterocycles. The Labute approximate surface area is 110 Å². The van der Waals surface area contributed by atoms with Crippen LogP contribution in [-0.2, 0) is 0 Å². The lowest BCUT2D eigenvalue weighted by Gasteiger charge is -2.10. The lowest BCUT2D eigenvalue weighted by molar-refractivity contribution is 0.102. The molecule has 0 bridgehead atoms. The van der Waals surface area contributed by atoms with Crippen LogP contribution in [0.4, 0.5) is 5.69 Å². The Morgan fingerprint density at radius 2 is 1.95 bits per heavy atom. The van der Waals surface area contributed by atoms with E-state index in [9.17, 15) is 4.79 Å². The number of methoxy groups -OCH3 is 2. The molecule has 0 aliphatic heterocycles. The van der Waals surface area contributed by atoms with Gasteiger partial charge in [-0.15, -0.1) is 0 Å². The summed E-state index contributed by atoms with van der Waals surface area (Å²) in [4.78, 5) is 19.5. The fraction of sp³-hybridized carbons (Fsp3) is 0.154. The van der Waals surface area contributed by atoms with E-state index in [4.69, 9.17) is 9.47 Å². The first-order valence-corrected chi connectivity index (χ1v) is 5.54. The third-order valence-electron chi connectivity index (χ3n) is 2.46. The van der Waals surface area contributed by atoms with E-state index in [1.165, 1.54) is 25.7 Å². The van der Waals surface area contributed by atoms with Crippen molar-refractivity contribution in [2.45, 2.75) is 0 Å². The van der Waals surface area contributed by atoms with Gasteiger partial charge in [0.1, 0.15) is 12.0 Å². The first kappa shape index (κ1) is 12.8. The normalized spacial score (nSPS) is 9.79. The van der Waals surface area contributed by atoms with Crippen LogP contribution in [0, 0.1) is 0 Å². The number of ether oxygens (including phenoxy) is 2. The van der Waals surface area contributed by atoms with Gasteiger partial charge in [-0.25, -0.2) is 9.97 Å². The van der Waals surface area contributed by atoms with Gasteiger partial charge in [-0.3, -0.25) is 4.79 Å². The second-order valence-corrected chi connectivity index (χ2v) is 3.62. The summed E-state index contributed by atoms with van der Waals surface area (Å²) in [6, 6.07) is 6.66. The quantitative estimate of drug-likeness (QED) is 0.905. The van der Waals surface area contributed by atoms with Gasteiger partial charge in [-0.1, -0.05) is 0 Å². The maximum atomic E-state index is 11.9. The molecule has 1 heterocycles. The number of anilines is 1. The predicted molar refractivity (Wildman–Crippen MR) is 69.5 cm³/mol. The summed E-state index contributed by atoms with van der Waals surface area (Å²) in [5.74, 6) is 0.833. The molecule has 0 fully saturated rings. The third kappa shape index (κ3) is 2.98. The molecule has 0 radical (unpaired) electrons.